The standard InChI is InChI=1S/C15H19F3N2O2/c1-3-11(4-2)9-19-20-14(21)10-22-13-7-5-6-12(8-13)15(16,17)18/h5-9,11H,3-4,10H2,1-2H3,(H,20,21). The van der Waals surface area contributed by atoms with E-state index >= 15 is 0 Å². The topological polar surface area (TPSA) is 50.7 Å². The molecule has 0 spiro atoms. The minimum absolute atomic E-state index is 0.0195. The Morgan fingerprint density at radius 1 is 1.36 bits per heavy atom. The highest BCUT2D eigenvalue weighted by atomic mass is 19.4. The van der Waals surface area contributed by atoms with Gasteiger partial charge in [0.2, 0.25) is 0 Å². The first-order valence-corrected chi connectivity index (χ1v) is 6.98. The van der Waals surface area contributed by atoms with Crippen LogP contribution in [0.2, 0.25) is 0 Å². The summed E-state index contributed by atoms with van der Waals surface area (Å²) in [5.41, 5.74) is 1.46. The molecule has 4 nitrogen and oxygen atoms in total. The summed E-state index contributed by atoms with van der Waals surface area (Å²) in [6.45, 7) is 3.62. The second kappa shape index (κ2) is 8.41. The number of carbonyl (C=O) groups is 1. The van der Waals surface area contributed by atoms with Crippen LogP contribution in [0.5, 0.6) is 5.75 Å². The van der Waals surface area contributed by atoms with Crippen molar-refractivity contribution >= 4 is 12.1 Å². The average molecular weight is 316 g/mol. The third-order valence-electron chi connectivity index (χ3n) is 3.05. The van der Waals surface area contributed by atoms with Gasteiger partial charge in [-0.15, -0.1) is 0 Å². The molecule has 0 saturated carbocycles. The Labute approximate surface area is 127 Å². The van der Waals surface area contributed by atoms with Crippen LogP contribution in [0.4, 0.5) is 13.2 Å². The van der Waals surface area contributed by atoms with Crippen molar-refractivity contribution in [3.8, 4) is 5.75 Å². The van der Waals surface area contributed by atoms with Gasteiger partial charge in [0.05, 0.1) is 5.56 Å². The summed E-state index contributed by atoms with van der Waals surface area (Å²) in [5.74, 6) is -0.266. The van der Waals surface area contributed by atoms with Crippen molar-refractivity contribution in [1.29, 1.82) is 0 Å². The lowest BCUT2D eigenvalue weighted by atomic mass is 10.1. The number of nitrogens with one attached hydrogen (secondary N) is 1. The Bertz CT molecular complexity index is 512. The van der Waals surface area contributed by atoms with Gasteiger partial charge in [0.1, 0.15) is 5.75 Å². The summed E-state index contributed by atoms with van der Waals surface area (Å²) in [5, 5.41) is 3.80. The molecule has 0 aliphatic heterocycles. The quantitative estimate of drug-likeness (QED) is 0.617. The van der Waals surface area contributed by atoms with E-state index < -0.39 is 24.3 Å². The molecule has 1 aromatic rings. The Morgan fingerprint density at radius 2 is 2.05 bits per heavy atom. The van der Waals surface area contributed by atoms with E-state index in [-0.39, 0.29) is 11.7 Å². The normalized spacial score (nSPS) is 11.9. The molecule has 0 heterocycles. The maximum atomic E-state index is 12.5. The zero-order valence-electron chi connectivity index (χ0n) is 12.5. The molecule has 1 amide bonds. The minimum atomic E-state index is -4.44. The van der Waals surface area contributed by atoms with Crippen molar-refractivity contribution in [2.24, 2.45) is 11.0 Å². The highest BCUT2D eigenvalue weighted by Crippen LogP contribution is 2.31. The number of benzene rings is 1. The largest absolute Gasteiger partial charge is 0.484 e. The molecular formula is C15H19F3N2O2. The van der Waals surface area contributed by atoms with E-state index in [2.05, 4.69) is 10.5 Å². The predicted octanol–water partition coefficient (Wildman–Crippen LogP) is 3.62. The molecule has 7 heteroatoms. The summed E-state index contributed by atoms with van der Waals surface area (Å²) < 4.78 is 42.6. The fraction of sp³-hybridized carbons (Fsp3) is 0.467. The van der Waals surface area contributed by atoms with Gasteiger partial charge < -0.3 is 4.74 Å². The van der Waals surface area contributed by atoms with E-state index in [1.54, 1.807) is 6.21 Å². The first-order valence-electron chi connectivity index (χ1n) is 6.98. The average Bonchev–Trinajstić information content (AvgIpc) is 2.49. The smallest absolute Gasteiger partial charge is 0.416 e. The second-order valence-corrected chi connectivity index (χ2v) is 4.70. The number of alkyl halides is 3. The molecular weight excluding hydrogens is 297 g/mol. The number of nitrogens with zero attached hydrogens (tertiary/aromatic N) is 1. The van der Waals surface area contributed by atoms with E-state index in [1.807, 2.05) is 13.8 Å². The number of hydrazone groups is 1. The highest BCUT2D eigenvalue weighted by molar-refractivity contribution is 5.78. The van der Waals surface area contributed by atoms with Crippen molar-refractivity contribution in [2.75, 3.05) is 6.61 Å². The molecule has 0 radical (unpaired) electrons. The zero-order chi connectivity index (χ0) is 16.6. The Balaban J connectivity index is 2.48. The Kier molecular flexibility index (Phi) is 6.88. The van der Waals surface area contributed by atoms with Crippen LogP contribution < -0.4 is 10.2 Å². The third-order valence-corrected chi connectivity index (χ3v) is 3.05. The van der Waals surface area contributed by atoms with E-state index in [4.69, 9.17) is 4.74 Å². The van der Waals surface area contributed by atoms with Crippen molar-refractivity contribution in [3.05, 3.63) is 29.8 Å². The van der Waals surface area contributed by atoms with Gasteiger partial charge >= 0.3 is 6.18 Å². The van der Waals surface area contributed by atoms with Gasteiger partial charge in [-0.05, 0) is 37.0 Å². The number of hydrogen-bond donors (Lipinski definition) is 1. The second-order valence-electron chi connectivity index (χ2n) is 4.70. The van der Waals surface area contributed by atoms with Crippen LogP contribution in [-0.4, -0.2) is 18.7 Å². The fourth-order valence-electron chi connectivity index (χ4n) is 1.66. The van der Waals surface area contributed by atoms with Crippen LogP contribution in [-0.2, 0) is 11.0 Å². The molecule has 0 aromatic heterocycles. The van der Waals surface area contributed by atoms with E-state index in [0.717, 1.165) is 25.0 Å². The van der Waals surface area contributed by atoms with Crippen molar-refractivity contribution in [3.63, 3.8) is 0 Å². The van der Waals surface area contributed by atoms with Crippen molar-refractivity contribution in [1.82, 2.24) is 5.43 Å². The molecule has 0 aliphatic rings. The van der Waals surface area contributed by atoms with Crippen LogP contribution in [0.15, 0.2) is 29.4 Å². The molecule has 1 N–H and O–H groups in total. The SMILES string of the molecule is CCC(C=NNC(=O)COc1cccc(C(F)(F)F)c1)CC. The monoisotopic (exact) mass is 316 g/mol. The van der Waals surface area contributed by atoms with Crippen LogP contribution in [0.25, 0.3) is 0 Å². The summed E-state index contributed by atoms with van der Waals surface area (Å²) in [6, 6.07) is 4.37. The summed E-state index contributed by atoms with van der Waals surface area (Å²) in [6.07, 6.45) is -0.976. The molecule has 0 fully saturated rings. The van der Waals surface area contributed by atoms with Gasteiger partial charge in [-0.2, -0.15) is 18.3 Å². The van der Waals surface area contributed by atoms with Crippen LogP contribution in [0.3, 0.4) is 0 Å². The predicted molar refractivity (Wildman–Crippen MR) is 77.6 cm³/mol. The maximum Gasteiger partial charge on any atom is 0.416 e. The number of hydrogen-bond acceptors (Lipinski definition) is 3. The molecule has 1 rings (SSSR count). The van der Waals surface area contributed by atoms with Gasteiger partial charge in [0, 0.05) is 6.21 Å². The molecule has 1 aromatic carbocycles. The fourth-order valence-corrected chi connectivity index (χ4v) is 1.66. The van der Waals surface area contributed by atoms with E-state index in [1.165, 1.54) is 12.1 Å². The summed E-state index contributed by atoms with van der Waals surface area (Å²) >= 11 is 0. The summed E-state index contributed by atoms with van der Waals surface area (Å²) in [4.78, 5) is 11.5. The zero-order valence-corrected chi connectivity index (χ0v) is 12.5. The summed E-state index contributed by atoms with van der Waals surface area (Å²) in [7, 11) is 0. The molecule has 0 saturated heterocycles. The van der Waals surface area contributed by atoms with Gasteiger partial charge in [0.15, 0.2) is 6.61 Å². The van der Waals surface area contributed by atoms with Gasteiger partial charge in [-0.3, -0.25) is 4.79 Å². The Hall–Kier alpha value is -2.05. The number of halogens is 3. The molecule has 0 aliphatic carbocycles. The molecule has 0 atom stereocenters. The maximum absolute atomic E-state index is 12.5. The minimum Gasteiger partial charge on any atom is -0.484 e. The first-order chi connectivity index (χ1) is 10.4. The number of amides is 1. The number of ether oxygens (including phenoxy) is 1. The van der Waals surface area contributed by atoms with Gasteiger partial charge in [-0.1, -0.05) is 19.9 Å². The lowest BCUT2D eigenvalue weighted by Gasteiger charge is -2.09. The molecule has 0 unspecified atom stereocenters. The highest BCUT2D eigenvalue weighted by Gasteiger charge is 2.30. The van der Waals surface area contributed by atoms with Crippen LogP contribution >= 0.6 is 0 Å². The molecule has 122 valence electrons. The third kappa shape index (κ3) is 6.15. The molecule has 0 bridgehead atoms. The van der Waals surface area contributed by atoms with Crippen LogP contribution in [0.1, 0.15) is 32.3 Å². The number of rotatable bonds is 7. The lowest BCUT2D eigenvalue weighted by molar-refractivity contribution is -0.137. The van der Waals surface area contributed by atoms with E-state index in [9.17, 15) is 18.0 Å². The van der Waals surface area contributed by atoms with Gasteiger partial charge in [0.25, 0.3) is 5.91 Å². The van der Waals surface area contributed by atoms with Crippen molar-refractivity contribution in [2.45, 2.75) is 32.9 Å². The van der Waals surface area contributed by atoms with Gasteiger partial charge in [-0.25, -0.2) is 5.43 Å². The molecule has 22 heavy (non-hydrogen) atoms. The van der Waals surface area contributed by atoms with Crippen molar-refractivity contribution < 1.29 is 22.7 Å². The number of carbonyl (C=O) groups excluding carboxylic acids is 1. The first kappa shape index (κ1) is 18.0. The van der Waals surface area contributed by atoms with E-state index in [0.29, 0.717) is 0 Å². The lowest BCUT2D eigenvalue weighted by Crippen LogP contribution is -2.25. The Morgan fingerprint density at radius 3 is 2.64 bits per heavy atom. The van der Waals surface area contributed by atoms with Crippen LogP contribution in [0, 0.1) is 5.92 Å².